The van der Waals surface area contributed by atoms with E-state index >= 15 is 0 Å². The molecule has 2 aliphatic rings. The second kappa shape index (κ2) is 25.2. The summed E-state index contributed by atoms with van der Waals surface area (Å²) in [5, 5.41) is 34.3. The lowest BCUT2D eigenvalue weighted by atomic mass is 9.91. The van der Waals surface area contributed by atoms with Crippen LogP contribution in [0.3, 0.4) is 0 Å². The van der Waals surface area contributed by atoms with E-state index in [1.807, 2.05) is 114 Å². The van der Waals surface area contributed by atoms with Gasteiger partial charge in [-0.3, -0.25) is 14.9 Å². The van der Waals surface area contributed by atoms with Crippen LogP contribution in [-0.2, 0) is 4.79 Å². The number of rotatable bonds is 21. The van der Waals surface area contributed by atoms with Crippen LogP contribution in [0.25, 0.3) is 11.1 Å². The fourth-order valence-corrected chi connectivity index (χ4v) is 8.27. The lowest BCUT2D eigenvalue weighted by Gasteiger charge is -2.32. The van der Waals surface area contributed by atoms with Crippen LogP contribution in [0.1, 0.15) is 47.9 Å². The quantitative estimate of drug-likeness (QED) is 0.00793. The molecule has 1 aliphatic carbocycles. The van der Waals surface area contributed by atoms with Gasteiger partial charge in [0.25, 0.3) is 5.70 Å². The lowest BCUT2D eigenvalue weighted by Crippen LogP contribution is -2.45. The maximum atomic E-state index is 12.3. The van der Waals surface area contributed by atoms with E-state index in [-0.39, 0.29) is 29.3 Å². The van der Waals surface area contributed by atoms with Gasteiger partial charge in [-0.1, -0.05) is 65.9 Å². The molecule has 6 N–H and O–H groups in total. The highest BCUT2D eigenvalue weighted by atomic mass is 35.5. The normalized spacial score (nSPS) is 17.8. The molecule has 1 aliphatic heterocycles. The second-order valence-corrected chi connectivity index (χ2v) is 17.1. The number of anilines is 1. The number of piperazine rings is 1. The number of hydrogen-bond donors (Lipinski definition) is 6. The molecule has 13 nitrogen and oxygen atoms in total. The largest absolute Gasteiger partial charge is 0.394 e. The van der Waals surface area contributed by atoms with Crippen molar-refractivity contribution in [2.45, 2.75) is 48.8 Å². The molecule has 3 atom stereocenters. The smallest absolute Gasteiger partial charge is 0.261 e. The minimum absolute atomic E-state index is 0.145. The molecule has 0 spiro atoms. The lowest BCUT2D eigenvalue weighted by molar-refractivity contribution is -0.431. The van der Waals surface area contributed by atoms with Crippen molar-refractivity contribution in [3.8, 4) is 11.8 Å². The van der Waals surface area contributed by atoms with Crippen LogP contribution in [0.15, 0.2) is 132 Å². The van der Waals surface area contributed by atoms with Crippen molar-refractivity contribution in [1.29, 1.82) is 0 Å². The number of halogens is 1. The average molecular weight is 906 g/mol. The van der Waals surface area contributed by atoms with E-state index in [0.717, 1.165) is 83.8 Å². The Kier molecular flexibility index (Phi) is 19.0. The van der Waals surface area contributed by atoms with E-state index < -0.39 is 6.10 Å². The van der Waals surface area contributed by atoms with Crippen molar-refractivity contribution in [3.63, 3.8) is 0 Å². The van der Waals surface area contributed by atoms with Gasteiger partial charge < -0.3 is 30.4 Å². The first-order chi connectivity index (χ1) is 31.2. The van der Waals surface area contributed by atoms with E-state index in [1.54, 1.807) is 12.2 Å². The first kappa shape index (κ1) is 48.2. The summed E-state index contributed by atoms with van der Waals surface area (Å²) in [6.07, 6.45) is 7.63. The molecule has 6 rings (SSSR count). The predicted octanol–water partition coefficient (Wildman–Crippen LogP) is 6.46. The van der Waals surface area contributed by atoms with Gasteiger partial charge in [-0.25, -0.2) is 15.6 Å². The Labute approximate surface area is 385 Å². The van der Waals surface area contributed by atoms with Crippen molar-refractivity contribution in [2.75, 3.05) is 64.9 Å². The summed E-state index contributed by atoms with van der Waals surface area (Å²) in [6, 6.07) is 31.9. The first-order valence-electron chi connectivity index (χ1n) is 21.6. The molecule has 3 unspecified atom stereocenters. The van der Waals surface area contributed by atoms with Gasteiger partial charge in [0, 0.05) is 83.9 Å². The summed E-state index contributed by atoms with van der Waals surface area (Å²) in [6.45, 7) is 5.91. The molecule has 0 bridgehead atoms. The van der Waals surface area contributed by atoms with Crippen LogP contribution in [-0.4, -0.2) is 114 Å². The number of allylic oxidation sites excluding steroid dienone is 3. The molecule has 1 fully saturated rings. The van der Waals surface area contributed by atoms with Gasteiger partial charge in [0.1, 0.15) is 12.3 Å². The summed E-state index contributed by atoms with van der Waals surface area (Å²) in [4.78, 5) is 29.7. The van der Waals surface area contributed by atoms with E-state index in [9.17, 15) is 25.1 Å². The zero-order valence-electron chi connectivity index (χ0n) is 36.0. The van der Waals surface area contributed by atoms with Crippen molar-refractivity contribution in [2.24, 2.45) is 0 Å². The van der Waals surface area contributed by atoms with Crippen LogP contribution >= 0.6 is 23.5 Å². The number of aldehydes is 1. The van der Waals surface area contributed by atoms with Crippen LogP contribution in [0.2, 0.25) is 5.02 Å². The summed E-state index contributed by atoms with van der Waals surface area (Å²) in [5.41, 5.74) is 15.5. The molecule has 0 aromatic heterocycles. The standard InChI is InChI=1S/C49H57ClN8O5S/c1-55-28-30-56(31-29-55)26-6-25-51-57(27-23-44(61)36-60)35-47(39-15-17-41(50)18-16-39)46(24-32-59)40-8-5-7-38(33-40)12-11-37-13-19-42(20-14-37)52-53-43-21-22-48(49(34-43)58(62)63)54-64-45-9-3-2-4-10-45/h2-5,7-10,13-20,24,32-35,43-44,48,51-54,60-61H,6,21-23,25-31,36H2,1H3/b46-24+,47-35-. The predicted molar refractivity (Wildman–Crippen MR) is 257 cm³/mol. The van der Waals surface area contributed by atoms with Crippen molar-refractivity contribution in [3.05, 3.63) is 165 Å². The number of nitro groups is 1. The summed E-state index contributed by atoms with van der Waals surface area (Å²) >= 11 is 7.72. The maximum absolute atomic E-state index is 12.3. The molecule has 15 heteroatoms. The summed E-state index contributed by atoms with van der Waals surface area (Å²) in [5.74, 6) is 6.52. The fourth-order valence-electron chi connectivity index (χ4n) is 7.33. The van der Waals surface area contributed by atoms with Gasteiger partial charge in [0.05, 0.1) is 23.7 Å². The third kappa shape index (κ3) is 15.2. The van der Waals surface area contributed by atoms with Gasteiger partial charge in [-0.05, 0) is 135 Å². The van der Waals surface area contributed by atoms with Crippen LogP contribution < -0.4 is 21.0 Å². The molecule has 336 valence electrons. The maximum Gasteiger partial charge on any atom is 0.261 e. The zero-order chi connectivity index (χ0) is 45.1. The number of benzene rings is 4. The Morgan fingerprint density at radius 1 is 0.953 bits per heavy atom. The third-order valence-corrected chi connectivity index (χ3v) is 12.2. The fraction of sp³-hybridized carbons (Fsp3) is 0.327. The summed E-state index contributed by atoms with van der Waals surface area (Å²) in [7, 11) is 2.15. The number of nitrogens with one attached hydrogen (secondary N) is 4. The Balaban J connectivity index is 1.14. The second-order valence-electron chi connectivity index (χ2n) is 15.8. The van der Waals surface area contributed by atoms with Crippen molar-refractivity contribution in [1.82, 2.24) is 30.4 Å². The van der Waals surface area contributed by atoms with E-state index in [0.29, 0.717) is 42.9 Å². The minimum atomic E-state index is -0.877. The van der Waals surface area contributed by atoms with Gasteiger partial charge in [0.15, 0.2) is 0 Å². The third-order valence-electron chi connectivity index (χ3n) is 11.0. The van der Waals surface area contributed by atoms with E-state index in [4.69, 9.17) is 11.6 Å². The number of aliphatic hydroxyl groups excluding tert-OH is 2. The number of carbonyl (C=O) groups excluding carboxylic acids is 1. The molecule has 0 saturated carbocycles. The summed E-state index contributed by atoms with van der Waals surface area (Å²) < 4.78 is 3.26. The van der Waals surface area contributed by atoms with E-state index in [2.05, 4.69) is 49.7 Å². The highest BCUT2D eigenvalue weighted by molar-refractivity contribution is 7.97. The number of nitrogens with zero attached hydrogens (tertiary/aromatic N) is 4. The average Bonchev–Trinajstić information content (AvgIpc) is 3.32. The first-order valence-corrected chi connectivity index (χ1v) is 22.8. The number of carbonyl (C=O) groups is 1. The Bertz CT molecular complexity index is 2280. The molecule has 0 radical (unpaired) electrons. The Morgan fingerprint density at radius 2 is 1.70 bits per heavy atom. The van der Waals surface area contributed by atoms with Crippen LogP contribution in [0.5, 0.6) is 0 Å². The molecule has 4 aromatic rings. The Morgan fingerprint density at radius 3 is 2.42 bits per heavy atom. The number of likely N-dealkylation sites (N-methyl/N-ethyl adjacent to an activating group) is 1. The minimum Gasteiger partial charge on any atom is -0.394 e. The topological polar surface area (TPSA) is 159 Å². The highest BCUT2D eigenvalue weighted by Crippen LogP contribution is 2.33. The number of hydrogen-bond acceptors (Lipinski definition) is 13. The van der Waals surface area contributed by atoms with Crippen molar-refractivity contribution >= 4 is 46.7 Å². The zero-order valence-corrected chi connectivity index (χ0v) is 37.6. The molecule has 1 saturated heterocycles. The van der Waals surface area contributed by atoms with Gasteiger partial charge in [-0.15, -0.1) is 0 Å². The van der Waals surface area contributed by atoms with Gasteiger partial charge in [-0.2, -0.15) is 0 Å². The van der Waals surface area contributed by atoms with Crippen molar-refractivity contribution < 1.29 is 19.9 Å². The molecule has 64 heavy (non-hydrogen) atoms. The Hall–Kier alpha value is -5.31. The number of aliphatic hydroxyl groups is 2. The van der Waals surface area contributed by atoms with Gasteiger partial charge in [0.2, 0.25) is 0 Å². The molecular weight excluding hydrogens is 848 g/mol. The van der Waals surface area contributed by atoms with E-state index in [1.165, 1.54) is 11.9 Å². The number of hydrazine groups is 2. The monoisotopic (exact) mass is 904 g/mol. The molecular formula is C49H57ClN8O5S. The SMILES string of the molecule is CN1CCN(CCCNN(/C=C(\C(=C\C=O)c2cccc(C#Cc3ccc(NNC4C=C([N+](=O)[O-])C(NSc5ccccc5)CC4)cc3)c2)c2ccc(Cl)cc2)CCC(O)CO)CC1. The van der Waals surface area contributed by atoms with Crippen LogP contribution in [0.4, 0.5) is 5.69 Å². The molecule has 4 aromatic carbocycles. The molecule has 0 amide bonds. The highest BCUT2D eigenvalue weighted by Gasteiger charge is 2.31. The van der Waals surface area contributed by atoms with Gasteiger partial charge >= 0.3 is 0 Å². The molecule has 1 heterocycles. The van der Waals surface area contributed by atoms with Crippen LogP contribution in [0, 0.1) is 22.0 Å².